The third-order valence-electron chi connectivity index (χ3n) is 12.9. The smallest absolute Gasteiger partial charge is 0.387 e. The zero-order chi connectivity index (χ0) is 50.6. The van der Waals surface area contributed by atoms with Crippen LogP contribution in [0.15, 0.2) is 60.8 Å². The van der Waals surface area contributed by atoms with Crippen LogP contribution >= 0.6 is 7.82 Å². The Kier molecular flexibility index (Phi) is 49.8. The molecule has 0 fully saturated rings. The van der Waals surface area contributed by atoms with Crippen LogP contribution in [0.5, 0.6) is 0 Å². The third-order valence-corrected chi connectivity index (χ3v) is 13.9. The number of phosphoric acid groups is 1. The second kappa shape index (κ2) is 51.1. The number of hydrogen-bond acceptors (Lipinski definition) is 5. The molecule has 0 saturated carbocycles. The Balaban J connectivity index is 4.26. The molecule has 0 spiro atoms. The van der Waals surface area contributed by atoms with E-state index < -0.39 is 20.0 Å². The lowest BCUT2D eigenvalue weighted by Crippen LogP contribution is -2.45. The molecule has 0 aliphatic rings. The van der Waals surface area contributed by atoms with Gasteiger partial charge in [-0.05, 0) is 77.0 Å². The molecule has 0 aliphatic carbocycles. The van der Waals surface area contributed by atoms with Crippen molar-refractivity contribution in [3.05, 3.63) is 60.8 Å². The number of amides is 1. The maximum atomic E-state index is 13.0. The van der Waals surface area contributed by atoms with Crippen molar-refractivity contribution < 1.29 is 32.9 Å². The predicted molar refractivity (Wildman–Crippen MR) is 300 cm³/mol. The molecule has 0 bridgehead atoms. The second-order valence-corrected chi connectivity index (χ2v) is 22.4. The van der Waals surface area contributed by atoms with Crippen molar-refractivity contribution in [2.75, 3.05) is 40.9 Å². The molecule has 0 aromatic rings. The Morgan fingerprint density at radius 3 is 1.25 bits per heavy atom. The van der Waals surface area contributed by atoms with E-state index in [1.807, 2.05) is 27.2 Å². The first-order valence-electron chi connectivity index (χ1n) is 29.2. The zero-order valence-electron chi connectivity index (χ0n) is 46.0. The van der Waals surface area contributed by atoms with Gasteiger partial charge in [0.05, 0.1) is 39.9 Å². The summed E-state index contributed by atoms with van der Waals surface area (Å²) in [4.78, 5) is 23.3. The number of likely N-dealkylation sites (N-methyl/N-ethyl adjacent to an activating group) is 1. The highest BCUT2D eigenvalue weighted by Crippen LogP contribution is 2.43. The minimum Gasteiger partial charge on any atom is -0.387 e. The average Bonchev–Trinajstić information content (AvgIpc) is 3.31. The predicted octanol–water partition coefficient (Wildman–Crippen LogP) is 17.7. The summed E-state index contributed by atoms with van der Waals surface area (Å²) < 4.78 is 23.7. The molecule has 9 heteroatoms. The van der Waals surface area contributed by atoms with Crippen molar-refractivity contribution in [1.82, 2.24) is 5.32 Å². The Bertz CT molecular complexity index is 1310. The fourth-order valence-corrected chi connectivity index (χ4v) is 9.08. The van der Waals surface area contributed by atoms with Crippen LogP contribution in [0.25, 0.3) is 0 Å². The summed E-state index contributed by atoms with van der Waals surface area (Å²) >= 11 is 0. The number of phosphoric ester groups is 1. The van der Waals surface area contributed by atoms with Crippen molar-refractivity contribution in [2.24, 2.45) is 0 Å². The van der Waals surface area contributed by atoms with Crippen LogP contribution in [0.1, 0.15) is 264 Å². The van der Waals surface area contributed by atoms with Crippen molar-refractivity contribution in [1.29, 1.82) is 0 Å². The number of carbonyl (C=O) groups excluding carboxylic acids is 1. The molecule has 69 heavy (non-hydrogen) atoms. The Labute approximate surface area is 428 Å². The lowest BCUT2D eigenvalue weighted by molar-refractivity contribution is -0.870. The van der Waals surface area contributed by atoms with Crippen LogP contribution < -0.4 is 5.32 Å². The van der Waals surface area contributed by atoms with Gasteiger partial charge in [0.2, 0.25) is 5.91 Å². The minimum absolute atomic E-state index is 0.0516. The van der Waals surface area contributed by atoms with E-state index in [9.17, 15) is 19.4 Å². The SMILES string of the molecule is CCCCCCCCCCC/C=C\C/C=C\CCCCCCCCCCCCCC(=O)NC(COP(=O)(O)OCC[N+](C)(C)C)C(O)/C=C/CC/C=C/CC/C=C/CCCCCCCCCCCC. The molecule has 0 aliphatic heterocycles. The summed E-state index contributed by atoms with van der Waals surface area (Å²) in [7, 11) is 1.54. The molecule has 1 amide bonds. The number of carbonyl (C=O) groups is 1. The van der Waals surface area contributed by atoms with Crippen molar-refractivity contribution in [3.63, 3.8) is 0 Å². The van der Waals surface area contributed by atoms with E-state index in [2.05, 4.69) is 67.8 Å². The largest absolute Gasteiger partial charge is 0.472 e. The van der Waals surface area contributed by atoms with Crippen molar-refractivity contribution in [2.45, 2.75) is 276 Å². The standard InChI is InChI=1S/C60H113N2O6P/c1-6-8-10-12-14-16-18-20-22-24-26-28-29-30-31-32-33-34-36-38-40-42-44-46-48-50-52-54-60(64)61-58(57-68-69(65,66)67-56-55-62(3,4)5)59(63)53-51-49-47-45-43-41-39-37-35-27-25-23-21-19-17-15-13-11-9-7-2/h26,28,30-31,35,37,43,45,51,53,58-59,63H,6-25,27,29,32-34,36,38-42,44,46-50,52,54-57H2,1-5H3,(H-,61,64,65,66)/p+1/b28-26-,31-30-,37-35+,45-43+,53-51+. The van der Waals surface area contributed by atoms with Crippen molar-refractivity contribution >= 4 is 13.7 Å². The highest BCUT2D eigenvalue weighted by Gasteiger charge is 2.27. The number of aliphatic hydroxyl groups excluding tert-OH is 1. The van der Waals surface area contributed by atoms with Gasteiger partial charge < -0.3 is 19.8 Å². The Morgan fingerprint density at radius 2 is 0.841 bits per heavy atom. The van der Waals surface area contributed by atoms with Crippen LogP contribution in [0.2, 0.25) is 0 Å². The summed E-state index contributed by atoms with van der Waals surface area (Å²) in [5, 5.41) is 13.9. The molecule has 404 valence electrons. The second-order valence-electron chi connectivity index (χ2n) is 21.0. The molecule has 0 rings (SSSR count). The monoisotopic (exact) mass is 990 g/mol. The lowest BCUT2D eigenvalue weighted by Gasteiger charge is -2.25. The molecule has 0 radical (unpaired) electrons. The van der Waals surface area contributed by atoms with Gasteiger partial charge in [0.25, 0.3) is 0 Å². The molecule has 3 N–H and O–H groups in total. The maximum absolute atomic E-state index is 13.0. The summed E-state index contributed by atoms with van der Waals surface area (Å²) in [6.07, 6.45) is 69.0. The molecule has 0 aromatic carbocycles. The highest BCUT2D eigenvalue weighted by atomic mass is 31.2. The normalized spacial score (nSPS) is 14.4. The number of quaternary nitrogens is 1. The van der Waals surface area contributed by atoms with E-state index in [0.29, 0.717) is 17.4 Å². The van der Waals surface area contributed by atoms with E-state index in [4.69, 9.17) is 9.05 Å². The number of aliphatic hydroxyl groups is 1. The van der Waals surface area contributed by atoms with Gasteiger partial charge >= 0.3 is 7.82 Å². The topological polar surface area (TPSA) is 105 Å². The maximum Gasteiger partial charge on any atom is 0.472 e. The van der Waals surface area contributed by atoms with Gasteiger partial charge in [0.1, 0.15) is 13.2 Å². The lowest BCUT2D eigenvalue weighted by atomic mass is 10.0. The molecule has 8 nitrogen and oxygen atoms in total. The summed E-state index contributed by atoms with van der Waals surface area (Å²) in [5.74, 6) is -0.192. The quantitative estimate of drug-likeness (QED) is 0.0243. The molecule has 0 heterocycles. The van der Waals surface area contributed by atoms with Gasteiger partial charge in [-0.2, -0.15) is 0 Å². The molecule has 3 atom stereocenters. The number of unbranched alkanes of at least 4 members (excludes halogenated alkanes) is 32. The van der Waals surface area contributed by atoms with Gasteiger partial charge in [-0.25, -0.2) is 4.57 Å². The minimum atomic E-state index is -4.36. The molecule has 0 saturated heterocycles. The van der Waals surface area contributed by atoms with E-state index >= 15 is 0 Å². The van der Waals surface area contributed by atoms with E-state index in [1.54, 1.807) is 6.08 Å². The summed E-state index contributed by atoms with van der Waals surface area (Å²) in [6, 6.07) is -0.873. The van der Waals surface area contributed by atoms with Gasteiger partial charge in [0.15, 0.2) is 0 Å². The number of hydrogen-bond donors (Lipinski definition) is 3. The van der Waals surface area contributed by atoms with Crippen LogP contribution in [-0.2, 0) is 18.4 Å². The third kappa shape index (κ3) is 53.8. The van der Waals surface area contributed by atoms with Gasteiger partial charge in [-0.15, -0.1) is 0 Å². The van der Waals surface area contributed by atoms with Crippen LogP contribution in [0.4, 0.5) is 0 Å². The first kappa shape index (κ1) is 67.2. The number of rotatable bonds is 53. The number of nitrogens with one attached hydrogen (secondary N) is 1. The molecule has 3 unspecified atom stereocenters. The fraction of sp³-hybridized carbons (Fsp3) is 0.817. The average molecular weight is 991 g/mol. The molecular weight excluding hydrogens is 876 g/mol. The van der Waals surface area contributed by atoms with Crippen LogP contribution in [-0.4, -0.2) is 73.4 Å². The zero-order valence-corrected chi connectivity index (χ0v) is 46.9. The van der Waals surface area contributed by atoms with Crippen molar-refractivity contribution in [3.8, 4) is 0 Å². The number of nitrogens with zero attached hydrogens (tertiary/aromatic N) is 1. The van der Waals surface area contributed by atoms with Gasteiger partial charge in [-0.1, -0.05) is 242 Å². The van der Waals surface area contributed by atoms with Gasteiger partial charge in [-0.3, -0.25) is 13.8 Å². The molecular formula is C60H114N2O6P+. The highest BCUT2D eigenvalue weighted by molar-refractivity contribution is 7.47. The Morgan fingerprint density at radius 1 is 0.493 bits per heavy atom. The first-order valence-corrected chi connectivity index (χ1v) is 30.7. The fourth-order valence-electron chi connectivity index (χ4n) is 8.34. The molecule has 0 aromatic heterocycles. The van der Waals surface area contributed by atoms with Crippen LogP contribution in [0, 0.1) is 0 Å². The van der Waals surface area contributed by atoms with Crippen LogP contribution in [0.3, 0.4) is 0 Å². The Hall–Kier alpha value is -1.80. The van der Waals surface area contributed by atoms with E-state index in [1.165, 1.54) is 193 Å². The van der Waals surface area contributed by atoms with E-state index in [-0.39, 0.29) is 19.1 Å². The first-order chi connectivity index (χ1) is 33.5. The number of allylic oxidation sites excluding steroid dienone is 9. The summed E-state index contributed by atoms with van der Waals surface area (Å²) in [6.45, 7) is 4.80. The summed E-state index contributed by atoms with van der Waals surface area (Å²) in [5.41, 5.74) is 0. The van der Waals surface area contributed by atoms with E-state index in [0.717, 1.165) is 51.4 Å². The van der Waals surface area contributed by atoms with Gasteiger partial charge in [0, 0.05) is 6.42 Å².